The van der Waals surface area contributed by atoms with E-state index >= 15 is 0 Å². The molecule has 146 valence electrons. The molecule has 0 saturated carbocycles. The zero-order valence-corrected chi connectivity index (χ0v) is 17.0. The number of aromatic nitrogens is 1. The number of aliphatic hydroxyl groups excluding tert-OH is 1. The van der Waals surface area contributed by atoms with Crippen LogP contribution in [-0.2, 0) is 22.7 Å². The van der Waals surface area contributed by atoms with Gasteiger partial charge in [0.1, 0.15) is 0 Å². The van der Waals surface area contributed by atoms with Crippen molar-refractivity contribution in [1.29, 1.82) is 0 Å². The second-order valence-electron chi connectivity index (χ2n) is 6.98. The van der Waals surface area contributed by atoms with E-state index in [0.717, 1.165) is 35.4 Å². The highest BCUT2D eigenvalue weighted by Crippen LogP contribution is 2.25. The molecule has 1 N–H and O–H groups in total. The van der Waals surface area contributed by atoms with Crippen molar-refractivity contribution in [3.63, 3.8) is 0 Å². The normalized spacial score (nSPS) is 11.5. The first-order valence-electron chi connectivity index (χ1n) is 9.35. The van der Waals surface area contributed by atoms with E-state index in [2.05, 4.69) is 36.2 Å². The molecule has 0 spiro atoms. The first-order valence-corrected chi connectivity index (χ1v) is 11.0. The molecule has 3 rings (SSSR count). The molecule has 0 fully saturated rings. The van der Waals surface area contributed by atoms with Crippen LogP contribution in [-0.4, -0.2) is 30.9 Å². The number of hydrogen-bond donors (Lipinski definition) is 1. The summed E-state index contributed by atoms with van der Waals surface area (Å²) in [5.74, 6) is -0.256. The maximum absolute atomic E-state index is 12.1. The molecular formula is C23H25NO3S. The summed E-state index contributed by atoms with van der Waals surface area (Å²) in [4.78, 5) is 4.81. The van der Waals surface area contributed by atoms with E-state index in [0.29, 0.717) is 0 Å². The lowest BCUT2D eigenvalue weighted by atomic mass is 9.96. The molecule has 0 aliphatic carbocycles. The standard InChI is InChI=1S/C23H25NO3S/c1-17-6-7-21(16-20(17)8-11-22-5-3-4-18(2)24-22)19-9-12-23(13-10-19)28(26,27)15-14-25/h3-7,9-10,12-13,16,25H,8,11,14-15H2,1-2H3. The Morgan fingerprint density at radius 2 is 1.61 bits per heavy atom. The molecule has 2 aromatic carbocycles. The Kier molecular flexibility index (Phi) is 6.27. The van der Waals surface area contributed by atoms with Crippen LogP contribution in [0.4, 0.5) is 0 Å². The fourth-order valence-corrected chi connectivity index (χ4v) is 4.24. The molecule has 1 aromatic heterocycles. The lowest BCUT2D eigenvalue weighted by Crippen LogP contribution is -2.09. The Morgan fingerprint density at radius 1 is 0.893 bits per heavy atom. The van der Waals surface area contributed by atoms with Crippen molar-refractivity contribution in [1.82, 2.24) is 4.98 Å². The lowest BCUT2D eigenvalue weighted by Gasteiger charge is -2.10. The molecule has 0 radical (unpaired) electrons. The van der Waals surface area contributed by atoms with Gasteiger partial charge in [-0.05, 0) is 73.2 Å². The minimum Gasteiger partial charge on any atom is -0.395 e. The van der Waals surface area contributed by atoms with Crippen LogP contribution in [0.15, 0.2) is 65.6 Å². The van der Waals surface area contributed by atoms with Crippen LogP contribution in [0.1, 0.15) is 22.5 Å². The van der Waals surface area contributed by atoms with Gasteiger partial charge in [-0.2, -0.15) is 0 Å². The van der Waals surface area contributed by atoms with Gasteiger partial charge in [-0.15, -0.1) is 0 Å². The third kappa shape index (κ3) is 4.86. The first-order chi connectivity index (χ1) is 13.4. The largest absolute Gasteiger partial charge is 0.395 e. The van der Waals surface area contributed by atoms with E-state index in [1.807, 2.05) is 31.2 Å². The van der Waals surface area contributed by atoms with Gasteiger partial charge in [0, 0.05) is 11.4 Å². The maximum atomic E-state index is 12.1. The number of benzene rings is 2. The van der Waals surface area contributed by atoms with Crippen LogP contribution in [0.2, 0.25) is 0 Å². The molecule has 0 saturated heterocycles. The summed E-state index contributed by atoms with van der Waals surface area (Å²) in [7, 11) is -3.42. The summed E-state index contributed by atoms with van der Waals surface area (Å²) in [6.45, 7) is 3.73. The van der Waals surface area contributed by atoms with Crippen molar-refractivity contribution in [3.05, 3.63) is 83.2 Å². The predicted octanol–water partition coefficient (Wildman–Crippen LogP) is 3.92. The van der Waals surface area contributed by atoms with Crippen molar-refractivity contribution >= 4 is 9.84 Å². The summed E-state index contributed by atoms with van der Waals surface area (Å²) < 4.78 is 24.1. The number of aliphatic hydroxyl groups is 1. The van der Waals surface area contributed by atoms with Gasteiger partial charge in [-0.3, -0.25) is 4.98 Å². The monoisotopic (exact) mass is 395 g/mol. The summed E-state index contributed by atoms with van der Waals surface area (Å²) in [6.07, 6.45) is 1.78. The molecule has 28 heavy (non-hydrogen) atoms. The van der Waals surface area contributed by atoms with Crippen LogP contribution in [0.25, 0.3) is 11.1 Å². The predicted molar refractivity (Wildman–Crippen MR) is 112 cm³/mol. The molecule has 0 amide bonds. The molecule has 0 bridgehead atoms. The number of aryl methyl sites for hydroxylation is 4. The van der Waals surface area contributed by atoms with Crippen molar-refractivity contribution < 1.29 is 13.5 Å². The van der Waals surface area contributed by atoms with Gasteiger partial charge >= 0.3 is 0 Å². The van der Waals surface area contributed by atoms with Crippen LogP contribution in [0.5, 0.6) is 0 Å². The lowest BCUT2D eigenvalue weighted by molar-refractivity contribution is 0.319. The molecule has 5 heteroatoms. The summed E-state index contributed by atoms with van der Waals surface area (Å²) in [5.41, 5.74) is 6.64. The summed E-state index contributed by atoms with van der Waals surface area (Å²) >= 11 is 0. The molecule has 0 aliphatic heterocycles. The summed E-state index contributed by atoms with van der Waals surface area (Å²) in [6, 6.07) is 19.3. The van der Waals surface area contributed by atoms with Gasteiger partial charge in [-0.25, -0.2) is 8.42 Å². The van der Waals surface area contributed by atoms with E-state index in [-0.39, 0.29) is 17.3 Å². The van der Waals surface area contributed by atoms with E-state index in [4.69, 9.17) is 5.11 Å². The molecule has 0 unspecified atom stereocenters. The van der Waals surface area contributed by atoms with Crippen LogP contribution in [0, 0.1) is 13.8 Å². The van der Waals surface area contributed by atoms with Gasteiger partial charge in [0.15, 0.2) is 9.84 Å². The maximum Gasteiger partial charge on any atom is 0.180 e. The third-order valence-electron chi connectivity index (χ3n) is 4.85. The number of sulfone groups is 1. The van der Waals surface area contributed by atoms with Gasteiger partial charge in [-0.1, -0.05) is 36.4 Å². The van der Waals surface area contributed by atoms with Crippen molar-refractivity contribution in [2.24, 2.45) is 0 Å². The molecule has 4 nitrogen and oxygen atoms in total. The summed E-state index contributed by atoms with van der Waals surface area (Å²) in [5, 5.41) is 8.92. The molecule has 1 heterocycles. The van der Waals surface area contributed by atoms with E-state index < -0.39 is 9.84 Å². The van der Waals surface area contributed by atoms with Gasteiger partial charge in [0.25, 0.3) is 0 Å². The van der Waals surface area contributed by atoms with Crippen molar-refractivity contribution in [2.45, 2.75) is 31.6 Å². The minimum atomic E-state index is -3.42. The number of hydrogen-bond acceptors (Lipinski definition) is 4. The highest BCUT2D eigenvalue weighted by molar-refractivity contribution is 7.91. The van der Waals surface area contributed by atoms with Gasteiger partial charge < -0.3 is 5.11 Å². The highest BCUT2D eigenvalue weighted by atomic mass is 32.2. The van der Waals surface area contributed by atoms with Crippen molar-refractivity contribution in [3.8, 4) is 11.1 Å². The topological polar surface area (TPSA) is 67.3 Å². The fraction of sp³-hybridized carbons (Fsp3) is 0.261. The SMILES string of the molecule is Cc1cccc(CCc2cc(-c3ccc(S(=O)(=O)CCO)cc3)ccc2C)n1. The zero-order chi connectivity index (χ0) is 20.1. The van der Waals surface area contributed by atoms with Crippen LogP contribution >= 0.6 is 0 Å². The third-order valence-corrected chi connectivity index (χ3v) is 6.56. The smallest absolute Gasteiger partial charge is 0.180 e. The molecule has 0 aliphatic rings. The Labute approximate surface area is 166 Å². The molecular weight excluding hydrogens is 370 g/mol. The number of nitrogens with zero attached hydrogens (tertiary/aromatic N) is 1. The second-order valence-corrected chi connectivity index (χ2v) is 9.09. The van der Waals surface area contributed by atoms with E-state index in [1.54, 1.807) is 12.1 Å². The van der Waals surface area contributed by atoms with Crippen molar-refractivity contribution in [2.75, 3.05) is 12.4 Å². The average molecular weight is 396 g/mol. The first kappa shape index (κ1) is 20.2. The number of pyridine rings is 1. The average Bonchev–Trinajstić information content (AvgIpc) is 2.67. The Hall–Kier alpha value is -2.50. The van der Waals surface area contributed by atoms with Gasteiger partial charge in [0.05, 0.1) is 17.3 Å². The van der Waals surface area contributed by atoms with Gasteiger partial charge in [0.2, 0.25) is 0 Å². The Balaban J connectivity index is 1.81. The minimum absolute atomic E-state index is 0.239. The number of rotatable bonds is 7. The fourth-order valence-electron chi connectivity index (χ4n) is 3.21. The highest BCUT2D eigenvalue weighted by Gasteiger charge is 2.13. The van der Waals surface area contributed by atoms with Crippen LogP contribution < -0.4 is 0 Å². The molecule has 0 atom stereocenters. The Bertz CT molecular complexity index is 1060. The Morgan fingerprint density at radius 3 is 2.29 bits per heavy atom. The molecule has 3 aromatic rings. The quantitative estimate of drug-likeness (QED) is 0.658. The zero-order valence-electron chi connectivity index (χ0n) is 16.2. The second kappa shape index (κ2) is 8.67. The van der Waals surface area contributed by atoms with E-state index in [1.165, 1.54) is 11.1 Å². The van der Waals surface area contributed by atoms with Crippen LogP contribution in [0.3, 0.4) is 0 Å². The van der Waals surface area contributed by atoms with E-state index in [9.17, 15) is 8.42 Å².